The highest BCUT2D eigenvalue weighted by molar-refractivity contribution is 5.80. The number of rotatable bonds is 4. The van der Waals surface area contributed by atoms with E-state index in [1.54, 1.807) is 13.1 Å². The quantitative estimate of drug-likeness (QED) is 0.650. The molecule has 2 rings (SSSR count). The van der Waals surface area contributed by atoms with Crippen LogP contribution in [0.25, 0.3) is 0 Å². The first kappa shape index (κ1) is 13.0. The highest BCUT2D eigenvalue weighted by Gasteiger charge is 1.95. The van der Waals surface area contributed by atoms with Gasteiger partial charge in [-0.05, 0) is 24.5 Å². The van der Waals surface area contributed by atoms with Gasteiger partial charge >= 0.3 is 0 Å². The smallest absolute Gasteiger partial charge is 0.252 e. The fourth-order valence-electron chi connectivity index (χ4n) is 1.64. The van der Waals surface area contributed by atoms with E-state index in [4.69, 9.17) is 0 Å². The number of aryl methyl sites for hydroxylation is 2. The summed E-state index contributed by atoms with van der Waals surface area (Å²) in [7, 11) is 0. The molecule has 19 heavy (non-hydrogen) atoms. The molecule has 5 heteroatoms. The normalized spacial score (nSPS) is 10.8. The monoisotopic (exact) mass is 256 g/mol. The van der Waals surface area contributed by atoms with Crippen molar-refractivity contribution in [2.24, 2.45) is 5.10 Å². The fourth-order valence-corrected chi connectivity index (χ4v) is 1.64. The van der Waals surface area contributed by atoms with Crippen LogP contribution < -0.4 is 11.0 Å². The van der Waals surface area contributed by atoms with Crippen LogP contribution in [0, 0.1) is 6.92 Å². The molecule has 0 aliphatic carbocycles. The molecule has 0 aliphatic rings. The predicted octanol–water partition coefficient (Wildman–Crippen LogP) is 2.09. The van der Waals surface area contributed by atoms with Gasteiger partial charge in [0, 0.05) is 11.8 Å². The van der Waals surface area contributed by atoms with Crippen molar-refractivity contribution in [3.63, 3.8) is 0 Å². The Morgan fingerprint density at radius 3 is 2.74 bits per heavy atom. The first-order chi connectivity index (χ1) is 9.17. The zero-order chi connectivity index (χ0) is 13.7. The van der Waals surface area contributed by atoms with Crippen molar-refractivity contribution in [2.75, 3.05) is 5.43 Å². The van der Waals surface area contributed by atoms with Gasteiger partial charge in [-0.3, -0.25) is 9.78 Å². The molecule has 1 heterocycles. The Bertz CT molecular complexity index is 629. The van der Waals surface area contributed by atoms with E-state index in [2.05, 4.69) is 39.6 Å². The van der Waals surface area contributed by atoms with Crippen molar-refractivity contribution >= 4 is 12.2 Å². The number of hydrazone groups is 1. The van der Waals surface area contributed by atoms with E-state index < -0.39 is 0 Å². The number of anilines is 1. The standard InChI is InChI=1S/C14H16N4O/c1-3-11-4-6-12(7-5-11)9-15-18-14-16-10(2)8-13(19)17-14/h4-9H,3H2,1-2H3,(H2,16,17,18,19)/b15-9+. The molecular weight excluding hydrogens is 240 g/mol. The second-order valence-corrected chi connectivity index (χ2v) is 4.20. The Balaban J connectivity index is 2.04. The van der Waals surface area contributed by atoms with Crippen molar-refractivity contribution in [2.45, 2.75) is 20.3 Å². The molecule has 0 radical (unpaired) electrons. The molecule has 5 nitrogen and oxygen atoms in total. The van der Waals surface area contributed by atoms with Gasteiger partial charge in [0.15, 0.2) is 0 Å². The van der Waals surface area contributed by atoms with E-state index in [1.807, 2.05) is 12.1 Å². The van der Waals surface area contributed by atoms with Crippen molar-refractivity contribution in [1.82, 2.24) is 9.97 Å². The van der Waals surface area contributed by atoms with Gasteiger partial charge in [-0.1, -0.05) is 31.2 Å². The van der Waals surface area contributed by atoms with Crippen LogP contribution in [-0.4, -0.2) is 16.2 Å². The summed E-state index contributed by atoms with van der Waals surface area (Å²) in [6, 6.07) is 9.55. The molecule has 0 spiro atoms. The summed E-state index contributed by atoms with van der Waals surface area (Å²) in [6.07, 6.45) is 2.70. The Kier molecular flexibility index (Phi) is 4.07. The minimum absolute atomic E-state index is 0.197. The molecule has 98 valence electrons. The Morgan fingerprint density at radius 1 is 1.37 bits per heavy atom. The van der Waals surface area contributed by atoms with E-state index >= 15 is 0 Å². The maximum absolute atomic E-state index is 11.2. The van der Waals surface area contributed by atoms with Crippen LogP contribution >= 0.6 is 0 Å². The molecule has 0 bridgehead atoms. The summed E-state index contributed by atoms with van der Waals surface area (Å²) in [6.45, 7) is 3.87. The second-order valence-electron chi connectivity index (χ2n) is 4.20. The van der Waals surface area contributed by atoms with E-state index in [0.29, 0.717) is 11.6 Å². The van der Waals surface area contributed by atoms with Crippen LogP contribution in [-0.2, 0) is 6.42 Å². The highest BCUT2D eigenvalue weighted by atomic mass is 16.1. The summed E-state index contributed by atoms with van der Waals surface area (Å²) in [5.41, 5.74) is 5.43. The van der Waals surface area contributed by atoms with Crippen LogP contribution in [0.5, 0.6) is 0 Å². The Hall–Kier alpha value is -2.43. The molecule has 0 fully saturated rings. The van der Waals surface area contributed by atoms with Crippen molar-refractivity contribution in [3.8, 4) is 0 Å². The van der Waals surface area contributed by atoms with Gasteiger partial charge in [0.25, 0.3) is 5.56 Å². The molecule has 2 aromatic rings. The average molecular weight is 256 g/mol. The maximum Gasteiger partial charge on any atom is 0.252 e. The summed E-state index contributed by atoms with van der Waals surface area (Å²) in [5, 5.41) is 4.04. The van der Waals surface area contributed by atoms with Gasteiger partial charge in [-0.2, -0.15) is 5.10 Å². The SMILES string of the molecule is CCc1ccc(/C=N/Nc2nc(C)cc(=O)[nH]2)cc1. The molecule has 0 saturated heterocycles. The van der Waals surface area contributed by atoms with Crippen LogP contribution in [0.1, 0.15) is 23.7 Å². The Morgan fingerprint density at radius 2 is 2.11 bits per heavy atom. The highest BCUT2D eigenvalue weighted by Crippen LogP contribution is 2.03. The van der Waals surface area contributed by atoms with Gasteiger partial charge in [0.2, 0.25) is 5.95 Å². The molecule has 1 aromatic carbocycles. The van der Waals surface area contributed by atoms with E-state index in [-0.39, 0.29) is 5.56 Å². The summed E-state index contributed by atoms with van der Waals surface area (Å²) >= 11 is 0. The van der Waals surface area contributed by atoms with Crippen molar-refractivity contribution in [3.05, 3.63) is 57.5 Å². The zero-order valence-electron chi connectivity index (χ0n) is 11.0. The number of aromatic nitrogens is 2. The van der Waals surface area contributed by atoms with E-state index in [9.17, 15) is 4.79 Å². The molecule has 0 aliphatic heterocycles. The predicted molar refractivity (Wildman–Crippen MR) is 76.6 cm³/mol. The third kappa shape index (κ3) is 3.77. The van der Waals surface area contributed by atoms with Crippen molar-refractivity contribution in [1.29, 1.82) is 0 Å². The molecule has 0 atom stereocenters. The average Bonchev–Trinajstić information content (AvgIpc) is 2.38. The lowest BCUT2D eigenvalue weighted by Gasteiger charge is -2.00. The third-order valence-electron chi connectivity index (χ3n) is 2.64. The number of nitrogens with one attached hydrogen (secondary N) is 2. The molecule has 1 aromatic heterocycles. The minimum atomic E-state index is -0.197. The van der Waals surface area contributed by atoms with Gasteiger partial charge in [-0.15, -0.1) is 0 Å². The van der Waals surface area contributed by atoms with E-state index in [1.165, 1.54) is 11.6 Å². The number of hydrogen-bond acceptors (Lipinski definition) is 4. The zero-order valence-corrected chi connectivity index (χ0v) is 11.0. The Labute approximate surface area is 111 Å². The van der Waals surface area contributed by atoms with Crippen LogP contribution in [0.15, 0.2) is 40.2 Å². The maximum atomic E-state index is 11.2. The minimum Gasteiger partial charge on any atom is -0.291 e. The van der Waals surface area contributed by atoms with Gasteiger partial charge in [0.1, 0.15) is 0 Å². The largest absolute Gasteiger partial charge is 0.291 e. The molecular formula is C14H16N4O. The summed E-state index contributed by atoms with van der Waals surface area (Å²) in [4.78, 5) is 17.9. The summed E-state index contributed by atoms with van der Waals surface area (Å²) in [5.74, 6) is 0.339. The van der Waals surface area contributed by atoms with Gasteiger partial charge in [0.05, 0.1) is 6.21 Å². The lowest BCUT2D eigenvalue weighted by atomic mass is 10.1. The first-order valence-corrected chi connectivity index (χ1v) is 6.13. The number of aromatic amines is 1. The fraction of sp³-hybridized carbons (Fsp3) is 0.214. The first-order valence-electron chi connectivity index (χ1n) is 6.13. The summed E-state index contributed by atoms with van der Waals surface area (Å²) < 4.78 is 0. The number of hydrogen-bond donors (Lipinski definition) is 2. The second kappa shape index (κ2) is 5.95. The van der Waals surface area contributed by atoms with E-state index in [0.717, 1.165) is 12.0 Å². The number of nitrogens with zero attached hydrogens (tertiary/aromatic N) is 2. The molecule has 0 unspecified atom stereocenters. The number of H-pyrrole nitrogens is 1. The molecule has 0 amide bonds. The topological polar surface area (TPSA) is 70.1 Å². The van der Waals surface area contributed by atoms with Crippen LogP contribution in [0.3, 0.4) is 0 Å². The number of benzene rings is 1. The van der Waals surface area contributed by atoms with Crippen LogP contribution in [0.4, 0.5) is 5.95 Å². The molecule has 0 saturated carbocycles. The third-order valence-corrected chi connectivity index (χ3v) is 2.64. The lowest BCUT2D eigenvalue weighted by Crippen LogP contribution is -2.10. The molecule has 2 N–H and O–H groups in total. The van der Waals surface area contributed by atoms with Crippen LogP contribution in [0.2, 0.25) is 0 Å². The van der Waals surface area contributed by atoms with Gasteiger partial charge in [-0.25, -0.2) is 10.4 Å². The lowest BCUT2D eigenvalue weighted by molar-refractivity contribution is 1.04. The van der Waals surface area contributed by atoms with Gasteiger partial charge < -0.3 is 0 Å². The van der Waals surface area contributed by atoms with Crippen molar-refractivity contribution < 1.29 is 0 Å².